The molecule has 2 aromatic rings. The first-order chi connectivity index (χ1) is 11.0. The summed E-state index contributed by atoms with van der Waals surface area (Å²) in [5.41, 5.74) is 1.33. The van der Waals surface area contributed by atoms with Crippen LogP contribution in [-0.4, -0.2) is 17.1 Å². The van der Waals surface area contributed by atoms with E-state index in [1.807, 2.05) is 61.5 Å². The first-order valence-electron chi connectivity index (χ1n) is 7.83. The molecular weight excluding hydrogens is 310 g/mol. The molecule has 0 aliphatic heterocycles. The molecule has 4 heteroatoms. The van der Waals surface area contributed by atoms with Crippen LogP contribution in [0.5, 0.6) is 0 Å². The molecule has 3 nitrogen and oxygen atoms in total. The van der Waals surface area contributed by atoms with Crippen molar-refractivity contribution in [2.75, 3.05) is 0 Å². The quantitative estimate of drug-likeness (QED) is 0.880. The van der Waals surface area contributed by atoms with Gasteiger partial charge in [0.25, 0.3) is 0 Å². The van der Waals surface area contributed by atoms with Gasteiger partial charge in [-0.3, -0.25) is 4.79 Å². The van der Waals surface area contributed by atoms with E-state index in [1.165, 1.54) is 0 Å². The van der Waals surface area contributed by atoms with Gasteiger partial charge in [0.05, 0.1) is 17.6 Å². The number of amides is 1. The van der Waals surface area contributed by atoms with Crippen molar-refractivity contribution in [1.29, 1.82) is 0 Å². The molecule has 2 aromatic carbocycles. The highest BCUT2D eigenvalue weighted by Gasteiger charge is 2.51. The summed E-state index contributed by atoms with van der Waals surface area (Å²) >= 11 is 5.92. The van der Waals surface area contributed by atoms with Gasteiger partial charge in [-0.25, -0.2) is 0 Å². The van der Waals surface area contributed by atoms with E-state index in [4.69, 9.17) is 11.6 Å². The minimum absolute atomic E-state index is 0.0256. The fraction of sp³-hybridized carbons (Fsp3) is 0.316. The molecule has 1 fully saturated rings. The van der Waals surface area contributed by atoms with Gasteiger partial charge >= 0.3 is 0 Å². The molecule has 0 spiro atoms. The Balaban J connectivity index is 1.70. The molecule has 0 radical (unpaired) electrons. The number of hydrogen-bond donors (Lipinski definition) is 2. The zero-order chi connectivity index (χ0) is 16.4. The Morgan fingerprint density at radius 2 is 1.74 bits per heavy atom. The number of rotatable bonds is 5. The first-order valence-corrected chi connectivity index (χ1v) is 8.21. The maximum absolute atomic E-state index is 12.7. The monoisotopic (exact) mass is 329 g/mol. The fourth-order valence-electron chi connectivity index (χ4n) is 2.90. The van der Waals surface area contributed by atoms with E-state index >= 15 is 0 Å². The second-order valence-corrected chi connectivity index (χ2v) is 6.64. The zero-order valence-electron chi connectivity index (χ0n) is 13.0. The van der Waals surface area contributed by atoms with E-state index in [-0.39, 0.29) is 11.9 Å². The van der Waals surface area contributed by atoms with Crippen LogP contribution in [0.1, 0.15) is 37.0 Å². The smallest absolute Gasteiger partial charge is 0.230 e. The number of nitrogens with one attached hydrogen (secondary N) is 1. The normalized spacial score (nSPS) is 18.0. The van der Waals surface area contributed by atoms with Crippen molar-refractivity contribution in [2.24, 2.45) is 0 Å². The van der Waals surface area contributed by atoms with Crippen molar-refractivity contribution in [2.45, 2.75) is 37.3 Å². The maximum Gasteiger partial charge on any atom is 0.230 e. The van der Waals surface area contributed by atoms with Gasteiger partial charge in [-0.05, 0) is 43.0 Å². The van der Waals surface area contributed by atoms with Crippen molar-refractivity contribution in [1.82, 2.24) is 5.32 Å². The minimum Gasteiger partial charge on any atom is -0.386 e. The lowest BCUT2D eigenvalue weighted by Gasteiger charge is -2.24. The largest absolute Gasteiger partial charge is 0.386 e. The molecule has 120 valence electrons. The van der Waals surface area contributed by atoms with Crippen molar-refractivity contribution < 1.29 is 9.90 Å². The van der Waals surface area contributed by atoms with Crippen LogP contribution in [0, 0.1) is 0 Å². The van der Waals surface area contributed by atoms with Gasteiger partial charge in [0.2, 0.25) is 5.91 Å². The molecule has 1 aliphatic rings. The van der Waals surface area contributed by atoms with Crippen molar-refractivity contribution in [3.8, 4) is 0 Å². The van der Waals surface area contributed by atoms with Crippen LogP contribution >= 0.6 is 11.6 Å². The Hall–Kier alpha value is -1.84. The van der Waals surface area contributed by atoms with Crippen LogP contribution < -0.4 is 5.32 Å². The van der Waals surface area contributed by atoms with E-state index in [1.54, 1.807) is 0 Å². The molecule has 1 amide bonds. The first kappa shape index (κ1) is 16.0. The highest BCUT2D eigenvalue weighted by Crippen LogP contribution is 2.48. The van der Waals surface area contributed by atoms with E-state index in [2.05, 4.69) is 5.32 Å². The lowest BCUT2D eigenvalue weighted by molar-refractivity contribution is -0.125. The van der Waals surface area contributed by atoms with Crippen molar-refractivity contribution in [3.63, 3.8) is 0 Å². The average Bonchev–Trinajstić information content (AvgIpc) is 3.37. The highest BCUT2D eigenvalue weighted by atomic mass is 35.5. The minimum atomic E-state index is -0.721. The fourth-order valence-corrected chi connectivity index (χ4v) is 3.03. The van der Waals surface area contributed by atoms with Crippen molar-refractivity contribution in [3.05, 3.63) is 70.7 Å². The Kier molecular flexibility index (Phi) is 4.42. The van der Waals surface area contributed by atoms with Gasteiger partial charge in [0.15, 0.2) is 0 Å². The molecule has 0 aromatic heterocycles. The summed E-state index contributed by atoms with van der Waals surface area (Å²) < 4.78 is 0. The van der Waals surface area contributed by atoms with E-state index in [9.17, 15) is 9.90 Å². The topological polar surface area (TPSA) is 49.3 Å². The Bertz CT molecular complexity index is 680. The highest BCUT2D eigenvalue weighted by molar-refractivity contribution is 6.30. The third-order valence-electron chi connectivity index (χ3n) is 4.55. The number of hydrogen-bond acceptors (Lipinski definition) is 2. The summed E-state index contributed by atoms with van der Waals surface area (Å²) in [4.78, 5) is 12.7. The van der Waals surface area contributed by atoms with Gasteiger partial charge in [-0.2, -0.15) is 0 Å². The Morgan fingerprint density at radius 3 is 2.30 bits per heavy atom. The van der Waals surface area contributed by atoms with Crippen LogP contribution in [0.3, 0.4) is 0 Å². The van der Waals surface area contributed by atoms with E-state index in [0.29, 0.717) is 5.02 Å². The maximum atomic E-state index is 12.7. The Morgan fingerprint density at radius 1 is 1.13 bits per heavy atom. The Labute approximate surface area is 141 Å². The zero-order valence-corrected chi connectivity index (χ0v) is 13.8. The number of aliphatic hydroxyl groups is 1. The predicted octanol–water partition coefficient (Wildman–Crippen LogP) is 3.61. The van der Waals surface area contributed by atoms with Crippen LogP contribution in [0.15, 0.2) is 54.6 Å². The third kappa shape index (κ3) is 3.26. The lowest BCUT2D eigenvalue weighted by Crippen LogP contribution is -2.43. The molecule has 0 bridgehead atoms. The second kappa shape index (κ2) is 6.34. The predicted molar refractivity (Wildman–Crippen MR) is 91.4 cm³/mol. The van der Waals surface area contributed by atoms with Crippen molar-refractivity contribution >= 4 is 17.5 Å². The van der Waals surface area contributed by atoms with Crippen LogP contribution in [-0.2, 0) is 10.2 Å². The molecule has 1 saturated carbocycles. The number of benzene rings is 2. The molecule has 0 saturated heterocycles. The molecule has 0 heterocycles. The summed E-state index contributed by atoms with van der Waals surface area (Å²) in [6.07, 6.45) is 0.935. The number of aliphatic hydroxyl groups excluding tert-OH is 1. The molecule has 1 aliphatic carbocycles. The molecule has 2 atom stereocenters. The molecule has 2 N–H and O–H groups in total. The average molecular weight is 330 g/mol. The summed E-state index contributed by atoms with van der Waals surface area (Å²) in [6.45, 7) is 1.83. The van der Waals surface area contributed by atoms with Crippen LogP contribution in [0.4, 0.5) is 0 Å². The van der Waals surface area contributed by atoms with Gasteiger partial charge < -0.3 is 10.4 Å². The summed E-state index contributed by atoms with van der Waals surface area (Å²) in [5.74, 6) is -0.0256. The second-order valence-electron chi connectivity index (χ2n) is 6.21. The SMILES string of the molecule is C[C@@H](NC(=O)C1(c2ccc(Cl)cc2)CC1)[C@H](O)c1ccccc1. The number of halogens is 1. The van der Waals surface area contributed by atoms with Gasteiger partial charge in [0.1, 0.15) is 0 Å². The lowest BCUT2D eigenvalue weighted by atomic mass is 9.94. The summed E-state index contributed by atoms with van der Waals surface area (Å²) in [7, 11) is 0. The van der Waals surface area contributed by atoms with Crippen LogP contribution in [0.2, 0.25) is 5.02 Å². The molecule has 3 rings (SSSR count). The van der Waals surface area contributed by atoms with E-state index < -0.39 is 11.5 Å². The van der Waals surface area contributed by atoms with Gasteiger partial charge in [-0.1, -0.05) is 54.1 Å². The van der Waals surface area contributed by atoms with Gasteiger partial charge in [0, 0.05) is 5.02 Å². The molecule has 23 heavy (non-hydrogen) atoms. The standard InChI is InChI=1S/C19H20ClNO2/c1-13(17(22)14-5-3-2-4-6-14)21-18(23)19(11-12-19)15-7-9-16(20)10-8-15/h2-10,13,17,22H,11-12H2,1H3,(H,21,23)/t13-,17+/m1/s1. The number of carbonyl (C=O) groups excluding carboxylic acids is 1. The summed E-state index contributed by atoms with van der Waals surface area (Å²) in [5, 5.41) is 14.0. The van der Waals surface area contributed by atoms with E-state index in [0.717, 1.165) is 24.0 Å². The molecule has 0 unspecified atom stereocenters. The summed E-state index contributed by atoms with van der Waals surface area (Å²) in [6, 6.07) is 16.5. The molecular formula is C19H20ClNO2. The third-order valence-corrected chi connectivity index (χ3v) is 4.81. The number of carbonyl (C=O) groups is 1. The van der Waals surface area contributed by atoms with Gasteiger partial charge in [-0.15, -0.1) is 0 Å². The van der Waals surface area contributed by atoms with Crippen LogP contribution in [0.25, 0.3) is 0 Å².